The van der Waals surface area contributed by atoms with Gasteiger partial charge in [-0.05, 0) is 38.3 Å². The summed E-state index contributed by atoms with van der Waals surface area (Å²) in [5.74, 6) is 0.831. The molecule has 0 saturated carbocycles. The Balaban J connectivity index is 1.31. The van der Waals surface area contributed by atoms with E-state index < -0.39 is 0 Å². The summed E-state index contributed by atoms with van der Waals surface area (Å²) in [6.45, 7) is 10.5. The van der Waals surface area contributed by atoms with Crippen molar-refractivity contribution in [2.45, 2.75) is 40.2 Å². The summed E-state index contributed by atoms with van der Waals surface area (Å²) in [6, 6.07) is 8.65. The van der Waals surface area contributed by atoms with Crippen molar-refractivity contribution in [2.75, 3.05) is 26.2 Å². The Morgan fingerprint density at radius 3 is 2.66 bits per heavy atom. The van der Waals surface area contributed by atoms with Crippen molar-refractivity contribution in [3.8, 4) is 0 Å². The molecule has 0 spiro atoms. The molecule has 1 aromatic carbocycles. The zero-order valence-corrected chi connectivity index (χ0v) is 17.4. The SMILES string of the molecule is Cc1cccc(CN2CCN(C(=O)CCc3c(C)nc4ncnn4c3C)CC2)c1. The number of carbonyl (C=O) groups excluding carboxylic acids is 1. The highest BCUT2D eigenvalue weighted by Crippen LogP contribution is 2.16. The van der Waals surface area contributed by atoms with E-state index in [4.69, 9.17) is 0 Å². The van der Waals surface area contributed by atoms with E-state index in [0.717, 1.165) is 49.7 Å². The molecule has 1 fully saturated rings. The number of hydrogen-bond donors (Lipinski definition) is 0. The molecule has 2 aromatic heterocycles. The molecule has 0 atom stereocenters. The number of aromatic nitrogens is 4. The van der Waals surface area contributed by atoms with Crippen LogP contribution in [-0.2, 0) is 17.8 Å². The van der Waals surface area contributed by atoms with Crippen molar-refractivity contribution in [1.82, 2.24) is 29.4 Å². The van der Waals surface area contributed by atoms with E-state index in [1.165, 1.54) is 17.5 Å². The second-order valence-corrected chi connectivity index (χ2v) is 7.88. The predicted octanol–water partition coefficient (Wildman–Crippen LogP) is 2.33. The van der Waals surface area contributed by atoms with Gasteiger partial charge in [-0.2, -0.15) is 10.1 Å². The van der Waals surface area contributed by atoms with Gasteiger partial charge in [-0.3, -0.25) is 9.69 Å². The molecule has 1 saturated heterocycles. The van der Waals surface area contributed by atoms with Gasteiger partial charge < -0.3 is 4.90 Å². The van der Waals surface area contributed by atoms with Gasteiger partial charge >= 0.3 is 0 Å². The zero-order valence-electron chi connectivity index (χ0n) is 17.4. The molecule has 7 heteroatoms. The van der Waals surface area contributed by atoms with E-state index in [0.29, 0.717) is 18.6 Å². The number of rotatable bonds is 5. The van der Waals surface area contributed by atoms with E-state index in [9.17, 15) is 4.79 Å². The van der Waals surface area contributed by atoms with Crippen LogP contribution in [0.15, 0.2) is 30.6 Å². The maximum Gasteiger partial charge on any atom is 0.252 e. The van der Waals surface area contributed by atoms with Crippen LogP contribution in [0.2, 0.25) is 0 Å². The van der Waals surface area contributed by atoms with Gasteiger partial charge in [0.15, 0.2) is 0 Å². The smallest absolute Gasteiger partial charge is 0.252 e. The second-order valence-electron chi connectivity index (χ2n) is 7.88. The van der Waals surface area contributed by atoms with Crippen molar-refractivity contribution in [3.05, 3.63) is 58.7 Å². The van der Waals surface area contributed by atoms with Crippen LogP contribution in [0.3, 0.4) is 0 Å². The minimum atomic E-state index is 0.220. The van der Waals surface area contributed by atoms with E-state index in [1.807, 2.05) is 18.7 Å². The topological polar surface area (TPSA) is 66.6 Å². The minimum absolute atomic E-state index is 0.220. The van der Waals surface area contributed by atoms with Crippen LogP contribution >= 0.6 is 0 Å². The molecule has 3 aromatic rings. The van der Waals surface area contributed by atoms with Gasteiger partial charge in [0.1, 0.15) is 6.33 Å². The summed E-state index contributed by atoms with van der Waals surface area (Å²) in [5.41, 5.74) is 5.67. The summed E-state index contributed by atoms with van der Waals surface area (Å²) in [6.07, 6.45) is 2.70. The van der Waals surface area contributed by atoms with Crippen LogP contribution in [0.25, 0.3) is 5.78 Å². The normalized spacial score (nSPS) is 15.2. The van der Waals surface area contributed by atoms with Crippen LogP contribution < -0.4 is 0 Å². The fourth-order valence-corrected chi connectivity index (χ4v) is 4.13. The summed E-state index contributed by atoms with van der Waals surface area (Å²) in [7, 11) is 0. The van der Waals surface area contributed by atoms with Crippen molar-refractivity contribution in [3.63, 3.8) is 0 Å². The fourth-order valence-electron chi connectivity index (χ4n) is 4.13. The molecule has 1 aliphatic rings. The Morgan fingerprint density at radius 2 is 1.90 bits per heavy atom. The van der Waals surface area contributed by atoms with Gasteiger partial charge in [-0.15, -0.1) is 0 Å². The molecule has 29 heavy (non-hydrogen) atoms. The monoisotopic (exact) mass is 392 g/mol. The standard InChI is InChI=1S/C22H28N6O/c1-16-5-4-6-19(13-16)14-26-9-11-27(12-10-26)21(29)8-7-20-17(2)25-22-23-15-24-28(22)18(20)3/h4-6,13,15H,7-12,14H2,1-3H3. The van der Waals surface area contributed by atoms with Gasteiger partial charge in [0.25, 0.3) is 5.78 Å². The first kappa shape index (κ1) is 19.5. The van der Waals surface area contributed by atoms with E-state index in [1.54, 1.807) is 4.52 Å². The maximum atomic E-state index is 12.8. The molecule has 1 aliphatic heterocycles. The molecule has 0 unspecified atom stereocenters. The van der Waals surface area contributed by atoms with Crippen LogP contribution in [0.1, 0.15) is 34.5 Å². The first-order chi connectivity index (χ1) is 14.0. The molecule has 7 nitrogen and oxygen atoms in total. The minimum Gasteiger partial charge on any atom is -0.340 e. The van der Waals surface area contributed by atoms with Crippen LogP contribution in [-0.4, -0.2) is 61.5 Å². The number of carbonyl (C=O) groups is 1. The first-order valence-electron chi connectivity index (χ1n) is 10.2. The number of amides is 1. The van der Waals surface area contributed by atoms with Crippen LogP contribution in [0.4, 0.5) is 0 Å². The lowest BCUT2D eigenvalue weighted by Gasteiger charge is -2.35. The molecule has 152 valence electrons. The number of nitrogens with zero attached hydrogens (tertiary/aromatic N) is 6. The molecule has 0 radical (unpaired) electrons. The molecule has 1 amide bonds. The highest BCUT2D eigenvalue weighted by molar-refractivity contribution is 5.76. The summed E-state index contributed by atoms with van der Waals surface area (Å²) >= 11 is 0. The van der Waals surface area contributed by atoms with Crippen molar-refractivity contribution in [1.29, 1.82) is 0 Å². The van der Waals surface area contributed by atoms with E-state index >= 15 is 0 Å². The third-order valence-corrected chi connectivity index (χ3v) is 5.79. The maximum absolute atomic E-state index is 12.8. The number of hydrogen-bond acceptors (Lipinski definition) is 5. The summed E-state index contributed by atoms with van der Waals surface area (Å²) < 4.78 is 1.75. The lowest BCUT2D eigenvalue weighted by atomic mass is 10.1. The van der Waals surface area contributed by atoms with Gasteiger partial charge in [0, 0.05) is 50.5 Å². The molecule has 4 rings (SSSR count). The molecule has 0 bridgehead atoms. The molecular weight excluding hydrogens is 364 g/mol. The Kier molecular flexibility index (Phi) is 5.58. The Labute approximate surface area is 171 Å². The van der Waals surface area contributed by atoms with Gasteiger partial charge in [0.05, 0.1) is 0 Å². The Bertz CT molecular complexity index is 1020. The largest absolute Gasteiger partial charge is 0.340 e. The molecule has 0 N–H and O–H groups in total. The zero-order chi connectivity index (χ0) is 20.4. The van der Waals surface area contributed by atoms with E-state index in [-0.39, 0.29) is 5.91 Å². The quantitative estimate of drug-likeness (QED) is 0.667. The van der Waals surface area contributed by atoms with Crippen LogP contribution in [0, 0.1) is 20.8 Å². The summed E-state index contributed by atoms with van der Waals surface area (Å²) in [4.78, 5) is 25.8. The predicted molar refractivity (Wildman–Crippen MR) is 112 cm³/mol. The Hall–Kier alpha value is -2.80. The number of fused-ring (bicyclic) bond motifs is 1. The number of benzene rings is 1. The van der Waals surface area contributed by atoms with E-state index in [2.05, 4.69) is 51.2 Å². The second kappa shape index (κ2) is 8.29. The van der Waals surface area contributed by atoms with Crippen LogP contribution in [0.5, 0.6) is 0 Å². The summed E-state index contributed by atoms with van der Waals surface area (Å²) in [5, 5.41) is 4.23. The van der Waals surface area contributed by atoms with Gasteiger partial charge in [-0.1, -0.05) is 29.8 Å². The number of aryl methyl sites for hydroxylation is 3. The van der Waals surface area contributed by atoms with Crippen molar-refractivity contribution < 1.29 is 4.79 Å². The highest BCUT2D eigenvalue weighted by atomic mass is 16.2. The highest BCUT2D eigenvalue weighted by Gasteiger charge is 2.22. The average molecular weight is 393 g/mol. The molecule has 3 heterocycles. The van der Waals surface area contributed by atoms with Crippen molar-refractivity contribution in [2.24, 2.45) is 0 Å². The fraction of sp³-hybridized carbons (Fsp3) is 0.455. The Morgan fingerprint density at radius 1 is 1.10 bits per heavy atom. The molecular formula is C22H28N6O. The lowest BCUT2D eigenvalue weighted by molar-refractivity contribution is -0.133. The average Bonchev–Trinajstić information content (AvgIpc) is 3.17. The van der Waals surface area contributed by atoms with Gasteiger partial charge in [-0.25, -0.2) is 9.50 Å². The van der Waals surface area contributed by atoms with Gasteiger partial charge in [0.2, 0.25) is 5.91 Å². The third kappa shape index (κ3) is 4.29. The van der Waals surface area contributed by atoms with Crippen molar-refractivity contribution >= 4 is 11.7 Å². The lowest BCUT2D eigenvalue weighted by Crippen LogP contribution is -2.48. The number of piperazine rings is 1. The first-order valence-corrected chi connectivity index (χ1v) is 10.2. The third-order valence-electron chi connectivity index (χ3n) is 5.79. The molecule has 0 aliphatic carbocycles.